The number of rotatable bonds is 5. The van der Waals surface area contributed by atoms with Crippen LogP contribution in [0.2, 0.25) is 0 Å². The summed E-state index contributed by atoms with van der Waals surface area (Å²) >= 11 is 0. The van der Waals surface area contributed by atoms with E-state index >= 15 is 0 Å². The molecule has 4 aliphatic rings. The molecule has 9 nitrogen and oxygen atoms in total. The number of benzene rings is 2. The number of carbonyl (C=O) groups is 2. The van der Waals surface area contributed by atoms with E-state index < -0.39 is 16.3 Å². The lowest BCUT2D eigenvalue weighted by Crippen LogP contribution is -2.51. The number of carbonyl (C=O) groups excluding carboxylic acids is 1. The number of aromatic nitrogens is 2. The van der Waals surface area contributed by atoms with Crippen LogP contribution in [0.5, 0.6) is 5.75 Å². The molecule has 0 spiro atoms. The molecule has 34 heavy (non-hydrogen) atoms. The average molecular weight is 461 g/mol. The second kappa shape index (κ2) is 7.38. The van der Waals surface area contributed by atoms with Crippen LogP contribution in [0.4, 0.5) is 5.69 Å². The fraction of sp³-hybridized carbons (Fsp3) is 0.400. The molecule has 0 amide bonds. The second-order valence-electron chi connectivity index (χ2n) is 10.1. The predicted octanol–water partition coefficient (Wildman–Crippen LogP) is 4.96. The van der Waals surface area contributed by atoms with Gasteiger partial charge in [0.15, 0.2) is 0 Å². The first-order valence-electron chi connectivity index (χ1n) is 11.5. The molecule has 0 saturated heterocycles. The molecule has 7 rings (SSSR count). The monoisotopic (exact) mass is 461 g/mol. The first-order valence-corrected chi connectivity index (χ1v) is 11.5. The van der Waals surface area contributed by atoms with Crippen LogP contribution in [0.15, 0.2) is 36.4 Å². The number of carboxylic acid groups (broad SMARTS) is 1. The van der Waals surface area contributed by atoms with Crippen molar-refractivity contribution in [2.24, 2.45) is 23.2 Å². The largest absolute Gasteiger partial charge is 0.478 e. The van der Waals surface area contributed by atoms with Crippen molar-refractivity contribution in [1.29, 1.82) is 0 Å². The van der Waals surface area contributed by atoms with Crippen LogP contribution in [0.1, 0.15) is 48.9 Å². The van der Waals surface area contributed by atoms with Crippen LogP contribution in [0, 0.1) is 33.3 Å². The summed E-state index contributed by atoms with van der Waals surface area (Å²) in [7, 11) is 0. The third-order valence-electron chi connectivity index (χ3n) is 7.83. The normalized spacial score (nSPS) is 27.1. The molecule has 1 heterocycles. The number of ether oxygens (including phenoxy) is 1. The van der Waals surface area contributed by atoms with Crippen molar-refractivity contribution < 1.29 is 24.4 Å². The molecule has 3 aromatic rings. The molecule has 4 bridgehead atoms. The molecular formula is C25H23N3O6. The number of nitrogens with one attached hydrogen (secondary N) is 1. The molecule has 174 valence electrons. The van der Waals surface area contributed by atoms with Gasteiger partial charge in [-0.25, -0.2) is 9.78 Å². The van der Waals surface area contributed by atoms with Crippen LogP contribution >= 0.6 is 0 Å². The van der Waals surface area contributed by atoms with Crippen LogP contribution in [0.3, 0.4) is 0 Å². The zero-order valence-corrected chi connectivity index (χ0v) is 18.3. The summed E-state index contributed by atoms with van der Waals surface area (Å²) in [5, 5.41) is 20.7. The zero-order valence-electron chi connectivity index (χ0n) is 18.3. The van der Waals surface area contributed by atoms with Gasteiger partial charge in [-0.15, -0.1) is 0 Å². The van der Waals surface area contributed by atoms with E-state index in [1.165, 1.54) is 49.6 Å². The van der Waals surface area contributed by atoms with Crippen molar-refractivity contribution in [3.8, 4) is 17.1 Å². The minimum atomic E-state index is -1.06. The number of nitrogens with zero attached hydrogens (tertiary/aromatic N) is 2. The van der Waals surface area contributed by atoms with Crippen molar-refractivity contribution in [1.82, 2.24) is 9.97 Å². The Morgan fingerprint density at radius 2 is 1.74 bits per heavy atom. The topological polar surface area (TPSA) is 135 Å². The maximum atomic E-state index is 13.5. The highest BCUT2D eigenvalue weighted by molar-refractivity contribution is 5.93. The van der Waals surface area contributed by atoms with Gasteiger partial charge in [-0.1, -0.05) is 0 Å². The molecule has 1 aromatic heterocycles. The molecule has 4 saturated carbocycles. The number of H-pyrrole nitrogens is 1. The quantitative estimate of drug-likeness (QED) is 0.237. The molecular weight excluding hydrogens is 438 g/mol. The van der Waals surface area contributed by atoms with Crippen LogP contribution in [0.25, 0.3) is 22.4 Å². The summed E-state index contributed by atoms with van der Waals surface area (Å²) in [5.74, 6) is 0.746. The summed E-state index contributed by atoms with van der Waals surface area (Å²) in [4.78, 5) is 43.3. The molecule has 0 aliphatic heterocycles. The molecule has 4 fully saturated rings. The Kier molecular flexibility index (Phi) is 4.52. The lowest BCUT2D eigenvalue weighted by atomic mass is 9.49. The Labute approximate surface area is 194 Å². The smallest absolute Gasteiger partial charge is 0.335 e. The van der Waals surface area contributed by atoms with Crippen molar-refractivity contribution in [3.63, 3.8) is 0 Å². The highest BCUT2D eigenvalue weighted by Gasteiger charge is 2.55. The van der Waals surface area contributed by atoms with E-state index in [-0.39, 0.29) is 23.0 Å². The van der Waals surface area contributed by atoms with Gasteiger partial charge in [0.05, 0.1) is 38.6 Å². The first kappa shape index (κ1) is 20.8. The minimum absolute atomic E-state index is 0.0902. The van der Waals surface area contributed by atoms with Crippen molar-refractivity contribution in [2.45, 2.75) is 38.5 Å². The number of carboxylic acids is 1. The Morgan fingerprint density at radius 3 is 2.35 bits per heavy atom. The lowest BCUT2D eigenvalue weighted by molar-refractivity contribution is -0.384. The highest BCUT2D eigenvalue weighted by Crippen LogP contribution is 2.60. The van der Waals surface area contributed by atoms with E-state index in [2.05, 4.69) is 9.97 Å². The van der Waals surface area contributed by atoms with Gasteiger partial charge in [0.25, 0.3) is 5.69 Å². The van der Waals surface area contributed by atoms with E-state index in [9.17, 15) is 24.8 Å². The third-order valence-corrected chi connectivity index (χ3v) is 7.83. The van der Waals surface area contributed by atoms with Gasteiger partial charge in [-0.3, -0.25) is 14.9 Å². The summed E-state index contributed by atoms with van der Waals surface area (Å²) < 4.78 is 5.94. The van der Waals surface area contributed by atoms with E-state index in [0.717, 1.165) is 19.3 Å². The molecule has 9 heteroatoms. The molecule has 0 atom stereocenters. The summed E-state index contributed by atoms with van der Waals surface area (Å²) in [6.07, 6.45) is 6.03. The van der Waals surface area contributed by atoms with Gasteiger partial charge >= 0.3 is 11.9 Å². The van der Waals surface area contributed by atoms with Crippen LogP contribution in [-0.2, 0) is 4.79 Å². The Balaban J connectivity index is 1.38. The molecule has 2 aromatic carbocycles. The zero-order chi connectivity index (χ0) is 23.6. The lowest BCUT2D eigenvalue weighted by Gasteiger charge is -2.55. The van der Waals surface area contributed by atoms with Crippen molar-refractivity contribution in [3.05, 3.63) is 52.1 Å². The van der Waals surface area contributed by atoms with Gasteiger partial charge in [0.2, 0.25) is 0 Å². The predicted molar refractivity (Wildman–Crippen MR) is 121 cm³/mol. The fourth-order valence-electron chi connectivity index (χ4n) is 6.74. The highest BCUT2D eigenvalue weighted by atomic mass is 16.6. The fourth-order valence-corrected chi connectivity index (χ4v) is 6.74. The number of hydrogen-bond acceptors (Lipinski definition) is 6. The number of nitro groups is 1. The Bertz CT molecular complexity index is 1320. The van der Waals surface area contributed by atoms with Crippen molar-refractivity contribution >= 4 is 28.7 Å². The van der Waals surface area contributed by atoms with Crippen LogP contribution < -0.4 is 4.74 Å². The molecule has 4 aliphatic carbocycles. The number of non-ortho nitro benzene ring substituents is 1. The Hall–Kier alpha value is -3.75. The number of imidazole rings is 1. The number of fused-ring (bicyclic) bond motifs is 1. The van der Waals surface area contributed by atoms with Gasteiger partial charge < -0.3 is 14.8 Å². The van der Waals surface area contributed by atoms with E-state index in [1.54, 1.807) is 6.07 Å². The van der Waals surface area contributed by atoms with E-state index in [4.69, 9.17) is 4.74 Å². The summed E-state index contributed by atoms with van der Waals surface area (Å²) in [5.41, 5.74) is 0.877. The standard InChI is InChI=1S/C25H23N3O6/c29-23(30)16-1-4-19-20(8-16)27-22(26-19)18-3-2-17(28(32)33)9-21(18)34-24(31)25-10-13-5-14(11-25)7-15(6-13)12-25/h1-4,8-9,13-15H,5-7,10-12H2,(H,26,27)(H,29,30). The average Bonchev–Trinajstić information content (AvgIpc) is 3.21. The first-order chi connectivity index (χ1) is 16.3. The van der Waals surface area contributed by atoms with E-state index in [0.29, 0.717) is 40.2 Å². The SMILES string of the molecule is O=C(O)c1ccc2nc(-c3ccc([N+](=O)[O-])cc3OC(=O)C34CC5CC(CC(C5)C3)C4)[nH]c2c1. The van der Waals surface area contributed by atoms with E-state index in [1.807, 2.05) is 0 Å². The summed E-state index contributed by atoms with van der Waals surface area (Å²) in [6.45, 7) is 0. The van der Waals surface area contributed by atoms with Gasteiger partial charge in [-0.2, -0.15) is 0 Å². The van der Waals surface area contributed by atoms with Crippen molar-refractivity contribution in [2.75, 3.05) is 0 Å². The number of aromatic carboxylic acids is 1. The maximum Gasteiger partial charge on any atom is 0.335 e. The van der Waals surface area contributed by atoms with Gasteiger partial charge in [0.1, 0.15) is 11.6 Å². The van der Waals surface area contributed by atoms with Gasteiger partial charge in [-0.05, 0) is 80.5 Å². The second-order valence-corrected chi connectivity index (χ2v) is 10.1. The van der Waals surface area contributed by atoms with Gasteiger partial charge in [0, 0.05) is 6.07 Å². The minimum Gasteiger partial charge on any atom is -0.478 e. The number of esters is 1. The maximum absolute atomic E-state index is 13.5. The number of nitro benzene ring substituents is 1. The number of aromatic amines is 1. The Morgan fingerprint density at radius 1 is 1.06 bits per heavy atom. The molecule has 2 N–H and O–H groups in total. The molecule has 0 unspecified atom stereocenters. The summed E-state index contributed by atoms with van der Waals surface area (Å²) in [6, 6.07) is 8.64. The molecule has 0 radical (unpaired) electrons. The van der Waals surface area contributed by atoms with Crippen LogP contribution in [-0.4, -0.2) is 31.9 Å². The number of hydrogen-bond donors (Lipinski definition) is 2. The third kappa shape index (κ3) is 3.34.